The maximum Gasteiger partial charge on any atom is 0.330 e. The Hall–Kier alpha value is -2.04. The van der Waals surface area contributed by atoms with Crippen molar-refractivity contribution in [1.82, 2.24) is 9.13 Å². The number of methoxy groups -OCH3 is 1. The minimum absolute atomic E-state index is 0.291. The molecule has 5 nitrogen and oxygen atoms in total. The zero-order valence-electron chi connectivity index (χ0n) is 9.35. The van der Waals surface area contributed by atoms with E-state index in [-0.39, 0.29) is 11.2 Å². The predicted octanol–water partition coefficient (Wildman–Crippen LogP) is 0.246. The van der Waals surface area contributed by atoms with Crippen LogP contribution in [0.4, 0.5) is 0 Å². The van der Waals surface area contributed by atoms with Crippen LogP contribution in [0.25, 0.3) is 10.9 Å². The number of hydrogen-bond acceptors (Lipinski definition) is 3. The Bertz CT molecular complexity index is 667. The summed E-state index contributed by atoms with van der Waals surface area (Å²) in [6.07, 6.45) is 0. The molecule has 0 unspecified atom stereocenters. The maximum atomic E-state index is 11.8. The SMILES string of the molecule is COc1ccc2c(=O)n(C)c(=O)n(C)c2c1. The molecule has 1 aromatic carbocycles. The van der Waals surface area contributed by atoms with Crippen molar-refractivity contribution in [2.75, 3.05) is 7.11 Å². The van der Waals surface area contributed by atoms with Gasteiger partial charge in [0, 0.05) is 20.2 Å². The lowest BCUT2D eigenvalue weighted by atomic mass is 10.2. The van der Waals surface area contributed by atoms with E-state index in [9.17, 15) is 9.59 Å². The van der Waals surface area contributed by atoms with Crippen molar-refractivity contribution >= 4 is 10.9 Å². The molecular weight excluding hydrogens is 208 g/mol. The number of benzene rings is 1. The van der Waals surface area contributed by atoms with Gasteiger partial charge in [-0.25, -0.2) is 4.79 Å². The minimum Gasteiger partial charge on any atom is -0.497 e. The second kappa shape index (κ2) is 3.52. The Morgan fingerprint density at radius 2 is 1.81 bits per heavy atom. The number of aromatic nitrogens is 2. The summed E-state index contributed by atoms with van der Waals surface area (Å²) in [5, 5.41) is 0.505. The Balaban J connectivity index is 3.03. The van der Waals surface area contributed by atoms with Crippen molar-refractivity contribution in [2.24, 2.45) is 14.1 Å². The van der Waals surface area contributed by atoms with Crippen LogP contribution in [-0.2, 0) is 14.1 Å². The summed E-state index contributed by atoms with van der Waals surface area (Å²) in [7, 11) is 4.64. The lowest BCUT2D eigenvalue weighted by molar-refractivity contribution is 0.415. The van der Waals surface area contributed by atoms with Crippen molar-refractivity contribution in [2.45, 2.75) is 0 Å². The molecule has 16 heavy (non-hydrogen) atoms. The zero-order valence-corrected chi connectivity index (χ0v) is 9.35. The monoisotopic (exact) mass is 220 g/mol. The summed E-state index contributed by atoms with van der Waals surface area (Å²) >= 11 is 0. The highest BCUT2D eigenvalue weighted by atomic mass is 16.5. The molecule has 0 radical (unpaired) electrons. The predicted molar refractivity (Wildman–Crippen MR) is 61.0 cm³/mol. The average molecular weight is 220 g/mol. The topological polar surface area (TPSA) is 53.2 Å². The molecule has 5 heteroatoms. The molecule has 0 amide bonds. The van der Waals surface area contributed by atoms with E-state index in [2.05, 4.69) is 0 Å². The maximum absolute atomic E-state index is 11.8. The first kappa shape index (κ1) is 10.5. The van der Waals surface area contributed by atoms with E-state index in [4.69, 9.17) is 4.74 Å². The largest absolute Gasteiger partial charge is 0.497 e. The first-order valence-corrected chi connectivity index (χ1v) is 4.80. The van der Waals surface area contributed by atoms with Crippen LogP contribution in [0.15, 0.2) is 27.8 Å². The number of ether oxygens (including phenoxy) is 1. The van der Waals surface area contributed by atoms with Gasteiger partial charge in [-0.2, -0.15) is 0 Å². The van der Waals surface area contributed by atoms with Gasteiger partial charge in [0.25, 0.3) is 5.56 Å². The first-order valence-electron chi connectivity index (χ1n) is 4.80. The second-order valence-corrected chi connectivity index (χ2v) is 3.59. The number of fused-ring (bicyclic) bond motifs is 1. The Kier molecular flexibility index (Phi) is 2.30. The summed E-state index contributed by atoms with van der Waals surface area (Å²) in [5.74, 6) is 0.621. The van der Waals surface area contributed by atoms with Gasteiger partial charge in [0.15, 0.2) is 0 Å². The number of rotatable bonds is 1. The van der Waals surface area contributed by atoms with Crippen molar-refractivity contribution in [1.29, 1.82) is 0 Å². The van der Waals surface area contributed by atoms with Gasteiger partial charge in [0.2, 0.25) is 0 Å². The molecule has 0 fully saturated rings. The lowest BCUT2D eigenvalue weighted by Crippen LogP contribution is -2.36. The molecule has 0 aliphatic rings. The molecule has 0 atom stereocenters. The van der Waals surface area contributed by atoms with Gasteiger partial charge in [0.1, 0.15) is 5.75 Å². The minimum atomic E-state index is -0.342. The molecule has 1 aromatic heterocycles. The van der Waals surface area contributed by atoms with Crippen LogP contribution >= 0.6 is 0 Å². The van der Waals surface area contributed by atoms with E-state index < -0.39 is 0 Å². The van der Waals surface area contributed by atoms with Gasteiger partial charge in [-0.1, -0.05) is 0 Å². The quantitative estimate of drug-likeness (QED) is 0.692. The van der Waals surface area contributed by atoms with Crippen molar-refractivity contribution in [3.8, 4) is 5.75 Å². The fourth-order valence-electron chi connectivity index (χ4n) is 1.69. The molecule has 0 saturated heterocycles. The van der Waals surface area contributed by atoms with E-state index in [1.165, 1.54) is 11.6 Å². The molecule has 0 bridgehead atoms. The molecule has 0 aliphatic carbocycles. The van der Waals surface area contributed by atoms with Crippen LogP contribution in [0.3, 0.4) is 0 Å². The molecule has 2 rings (SSSR count). The van der Waals surface area contributed by atoms with Gasteiger partial charge in [-0.05, 0) is 12.1 Å². The highest BCUT2D eigenvalue weighted by Crippen LogP contribution is 2.16. The standard InChI is InChI=1S/C11H12N2O3/c1-12-9-6-7(16-3)4-5-8(9)10(14)13(2)11(12)15/h4-6H,1-3H3. The number of hydrogen-bond donors (Lipinski definition) is 0. The molecule has 0 spiro atoms. The van der Waals surface area contributed by atoms with E-state index in [0.717, 1.165) is 4.57 Å². The number of aryl methyl sites for hydroxylation is 1. The molecule has 0 N–H and O–H groups in total. The second-order valence-electron chi connectivity index (χ2n) is 3.59. The van der Waals surface area contributed by atoms with E-state index >= 15 is 0 Å². The molecule has 1 heterocycles. The van der Waals surface area contributed by atoms with Crippen LogP contribution in [-0.4, -0.2) is 16.2 Å². The lowest BCUT2D eigenvalue weighted by Gasteiger charge is -2.08. The summed E-state index contributed by atoms with van der Waals surface area (Å²) in [5.41, 5.74) is -0.0565. The fraction of sp³-hybridized carbons (Fsp3) is 0.273. The normalized spacial score (nSPS) is 10.7. The van der Waals surface area contributed by atoms with Crippen molar-refractivity contribution in [3.05, 3.63) is 39.0 Å². The highest BCUT2D eigenvalue weighted by Gasteiger charge is 2.08. The van der Waals surface area contributed by atoms with E-state index in [0.29, 0.717) is 16.7 Å². The molecule has 2 aromatic rings. The van der Waals surface area contributed by atoms with Crippen LogP contribution in [0.1, 0.15) is 0 Å². The van der Waals surface area contributed by atoms with E-state index in [1.807, 2.05) is 0 Å². The smallest absolute Gasteiger partial charge is 0.330 e. The third-order valence-electron chi connectivity index (χ3n) is 2.68. The van der Waals surface area contributed by atoms with Gasteiger partial charge in [-0.15, -0.1) is 0 Å². The molecular formula is C11H12N2O3. The van der Waals surface area contributed by atoms with Crippen LogP contribution in [0.2, 0.25) is 0 Å². The van der Waals surface area contributed by atoms with Gasteiger partial charge >= 0.3 is 5.69 Å². The molecule has 84 valence electrons. The average Bonchev–Trinajstić information content (AvgIpc) is 2.33. The third-order valence-corrected chi connectivity index (χ3v) is 2.68. The Morgan fingerprint density at radius 3 is 2.44 bits per heavy atom. The number of nitrogens with zero attached hydrogens (tertiary/aromatic N) is 2. The summed E-state index contributed by atoms with van der Waals surface area (Å²) < 4.78 is 7.58. The van der Waals surface area contributed by atoms with Crippen molar-refractivity contribution in [3.63, 3.8) is 0 Å². The molecule has 0 aliphatic heterocycles. The summed E-state index contributed by atoms with van der Waals surface area (Å²) in [6, 6.07) is 5.04. The van der Waals surface area contributed by atoms with Gasteiger partial charge < -0.3 is 4.74 Å². The molecule has 0 saturated carbocycles. The van der Waals surface area contributed by atoms with E-state index in [1.54, 1.807) is 32.4 Å². The third kappa shape index (κ3) is 1.32. The van der Waals surface area contributed by atoms with Crippen LogP contribution < -0.4 is 16.0 Å². The summed E-state index contributed by atoms with van der Waals surface area (Å²) in [6.45, 7) is 0. The highest BCUT2D eigenvalue weighted by molar-refractivity contribution is 5.79. The van der Waals surface area contributed by atoms with Crippen molar-refractivity contribution < 1.29 is 4.74 Å². The zero-order chi connectivity index (χ0) is 11.9. The fourth-order valence-corrected chi connectivity index (χ4v) is 1.69. The van der Waals surface area contributed by atoms with Crippen LogP contribution in [0.5, 0.6) is 5.75 Å². The van der Waals surface area contributed by atoms with Gasteiger partial charge in [0.05, 0.1) is 18.0 Å². The van der Waals surface area contributed by atoms with Gasteiger partial charge in [-0.3, -0.25) is 13.9 Å². The Labute approximate surface area is 91.5 Å². The first-order chi connectivity index (χ1) is 7.56. The van der Waals surface area contributed by atoms with Crippen LogP contribution in [0, 0.1) is 0 Å². The summed E-state index contributed by atoms with van der Waals surface area (Å²) in [4.78, 5) is 23.5. The Morgan fingerprint density at radius 1 is 1.12 bits per heavy atom.